The van der Waals surface area contributed by atoms with E-state index >= 15 is 0 Å². The highest BCUT2D eigenvalue weighted by Crippen LogP contribution is 2.18. The summed E-state index contributed by atoms with van der Waals surface area (Å²) in [5.74, 6) is -0.0995. The van der Waals surface area contributed by atoms with Crippen LogP contribution in [0.3, 0.4) is 0 Å². The molecule has 1 aromatic carbocycles. The van der Waals surface area contributed by atoms with E-state index in [-0.39, 0.29) is 10.9 Å². The van der Waals surface area contributed by atoms with E-state index in [1.165, 1.54) is 4.68 Å². The van der Waals surface area contributed by atoms with E-state index in [0.717, 1.165) is 11.3 Å². The van der Waals surface area contributed by atoms with Gasteiger partial charge >= 0.3 is 6.01 Å². The molecule has 0 spiro atoms. The largest absolute Gasteiger partial charge is 0.407 e. The third-order valence-corrected chi connectivity index (χ3v) is 6.32. The summed E-state index contributed by atoms with van der Waals surface area (Å²) in [4.78, 5) is 12.5. The smallest absolute Gasteiger partial charge is 0.322 e. The molecule has 0 saturated carbocycles. The molecule has 0 fully saturated rings. The maximum atomic E-state index is 12.2. The highest BCUT2D eigenvalue weighted by Gasteiger charge is 2.19. The molecule has 148 valence electrons. The first-order valence-corrected chi connectivity index (χ1v) is 10.2. The second kappa shape index (κ2) is 7.55. The van der Waals surface area contributed by atoms with E-state index in [9.17, 15) is 13.2 Å². The molecule has 0 atom stereocenters. The minimum Gasteiger partial charge on any atom is -0.407 e. The lowest BCUT2D eigenvalue weighted by Gasteiger charge is -2.08. The number of aromatic nitrogens is 4. The zero-order valence-corrected chi connectivity index (χ0v) is 16.8. The lowest BCUT2D eigenvalue weighted by Crippen LogP contribution is -2.16. The molecule has 28 heavy (non-hydrogen) atoms. The Morgan fingerprint density at radius 1 is 1.21 bits per heavy atom. The van der Waals surface area contributed by atoms with Crippen molar-refractivity contribution in [2.24, 2.45) is 7.05 Å². The Labute approximate surface area is 162 Å². The summed E-state index contributed by atoms with van der Waals surface area (Å²) in [5, 5.41) is 13.9. The van der Waals surface area contributed by atoms with Gasteiger partial charge in [0.05, 0.1) is 22.3 Å². The number of hydrogen-bond acceptors (Lipinski definition) is 7. The third kappa shape index (κ3) is 4.11. The van der Waals surface area contributed by atoms with Crippen LogP contribution in [-0.4, -0.2) is 39.6 Å². The Morgan fingerprint density at radius 3 is 2.46 bits per heavy atom. The molecule has 0 aliphatic heterocycles. The summed E-state index contributed by atoms with van der Waals surface area (Å²) >= 11 is 0. The first kappa shape index (κ1) is 19.7. The Morgan fingerprint density at radius 2 is 1.89 bits per heavy atom. The third-order valence-electron chi connectivity index (χ3n) is 4.15. The Balaban J connectivity index is 1.68. The SMILES string of the molecule is Cc1cc(C(=O)Nc2nnc(Cc3ccc(S(=O)(=O)C(C)C)cc3)o2)n(C)n1. The van der Waals surface area contributed by atoms with Crippen LogP contribution < -0.4 is 5.32 Å². The van der Waals surface area contributed by atoms with Crippen LogP contribution in [-0.2, 0) is 23.3 Å². The molecule has 0 unspecified atom stereocenters. The van der Waals surface area contributed by atoms with Crippen molar-refractivity contribution >= 4 is 21.8 Å². The van der Waals surface area contributed by atoms with Gasteiger partial charge in [-0.15, -0.1) is 5.10 Å². The highest BCUT2D eigenvalue weighted by atomic mass is 32.2. The van der Waals surface area contributed by atoms with Crippen molar-refractivity contribution in [2.45, 2.75) is 37.3 Å². The van der Waals surface area contributed by atoms with Crippen molar-refractivity contribution in [1.82, 2.24) is 20.0 Å². The summed E-state index contributed by atoms with van der Waals surface area (Å²) < 4.78 is 31.3. The number of aryl methyl sites for hydroxylation is 2. The molecule has 9 nitrogen and oxygen atoms in total. The number of rotatable bonds is 6. The van der Waals surface area contributed by atoms with Crippen LogP contribution in [0, 0.1) is 6.92 Å². The zero-order chi connectivity index (χ0) is 20.5. The number of sulfone groups is 1. The minimum absolute atomic E-state index is 0.0159. The van der Waals surface area contributed by atoms with Gasteiger partial charge in [-0.2, -0.15) is 5.10 Å². The van der Waals surface area contributed by atoms with Gasteiger partial charge in [0.2, 0.25) is 5.89 Å². The molecule has 1 N–H and O–H groups in total. The summed E-state index contributed by atoms with van der Waals surface area (Å²) in [6, 6.07) is 8.17. The van der Waals surface area contributed by atoms with Gasteiger partial charge in [-0.05, 0) is 44.5 Å². The van der Waals surface area contributed by atoms with Crippen molar-refractivity contribution in [3.05, 3.63) is 53.2 Å². The standard InChI is InChI=1S/C18H21N5O4S/c1-11(2)28(25,26)14-7-5-13(6-8-14)10-16-20-21-18(27-16)19-17(24)15-9-12(3)22-23(15)4/h5-9,11H,10H2,1-4H3,(H,19,21,24). The lowest BCUT2D eigenvalue weighted by atomic mass is 10.1. The highest BCUT2D eigenvalue weighted by molar-refractivity contribution is 7.92. The molecule has 0 bridgehead atoms. The fourth-order valence-corrected chi connectivity index (χ4v) is 3.66. The van der Waals surface area contributed by atoms with Crippen molar-refractivity contribution in [1.29, 1.82) is 0 Å². The van der Waals surface area contributed by atoms with Crippen LogP contribution in [0.15, 0.2) is 39.6 Å². The molecule has 3 rings (SSSR count). The molecular weight excluding hydrogens is 382 g/mol. The van der Waals surface area contributed by atoms with Crippen molar-refractivity contribution in [3.63, 3.8) is 0 Å². The van der Waals surface area contributed by atoms with Crippen molar-refractivity contribution < 1.29 is 17.6 Å². The number of carbonyl (C=O) groups is 1. The number of amides is 1. The maximum Gasteiger partial charge on any atom is 0.322 e. The predicted molar refractivity (Wildman–Crippen MR) is 102 cm³/mol. The molecule has 2 aromatic heterocycles. The number of anilines is 1. The van der Waals surface area contributed by atoms with Gasteiger partial charge in [0, 0.05) is 7.05 Å². The fourth-order valence-electron chi connectivity index (χ4n) is 2.60. The molecule has 2 heterocycles. The van der Waals surface area contributed by atoms with Gasteiger partial charge in [-0.25, -0.2) is 8.42 Å². The quantitative estimate of drug-likeness (QED) is 0.669. The van der Waals surface area contributed by atoms with Gasteiger partial charge in [-0.3, -0.25) is 14.8 Å². The second-order valence-electron chi connectivity index (χ2n) is 6.66. The van der Waals surface area contributed by atoms with E-state index in [1.54, 1.807) is 58.2 Å². The van der Waals surface area contributed by atoms with E-state index in [1.807, 2.05) is 0 Å². The number of nitrogens with zero attached hydrogens (tertiary/aromatic N) is 4. The van der Waals surface area contributed by atoms with Gasteiger partial charge in [0.1, 0.15) is 5.69 Å². The molecule has 10 heteroatoms. The lowest BCUT2D eigenvalue weighted by molar-refractivity contribution is 0.101. The fraction of sp³-hybridized carbons (Fsp3) is 0.333. The molecule has 0 aliphatic rings. The van der Waals surface area contributed by atoms with E-state index in [4.69, 9.17) is 4.42 Å². The normalized spacial score (nSPS) is 11.8. The molecular formula is C18H21N5O4S. The summed E-state index contributed by atoms with van der Waals surface area (Å²) in [6.07, 6.45) is 0.315. The second-order valence-corrected chi connectivity index (χ2v) is 9.17. The van der Waals surface area contributed by atoms with Crippen molar-refractivity contribution in [2.75, 3.05) is 5.32 Å². The number of benzene rings is 1. The van der Waals surface area contributed by atoms with Crippen LogP contribution in [0.5, 0.6) is 0 Å². The Hall–Kier alpha value is -3.01. The molecule has 0 saturated heterocycles. The van der Waals surface area contributed by atoms with Crippen LogP contribution in [0.2, 0.25) is 0 Å². The predicted octanol–water partition coefficient (Wildman–Crippen LogP) is 2.14. The van der Waals surface area contributed by atoms with Crippen LogP contribution in [0.4, 0.5) is 6.01 Å². The number of hydrogen-bond donors (Lipinski definition) is 1. The summed E-state index contributed by atoms with van der Waals surface area (Å²) in [7, 11) is -1.64. The minimum atomic E-state index is -3.31. The molecule has 1 amide bonds. The number of carbonyl (C=O) groups excluding carboxylic acids is 1. The van der Waals surface area contributed by atoms with Crippen LogP contribution >= 0.6 is 0 Å². The van der Waals surface area contributed by atoms with Crippen LogP contribution in [0.1, 0.15) is 41.5 Å². The van der Waals surface area contributed by atoms with Gasteiger partial charge in [-0.1, -0.05) is 17.2 Å². The summed E-state index contributed by atoms with van der Waals surface area (Å²) in [5.41, 5.74) is 1.91. The summed E-state index contributed by atoms with van der Waals surface area (Å²) in [6.45, 7) is 5.08. The van der Waals surface area contributed by atoms with E-state index in [2.05, 4.69) is 20.6 Å². The maximum absolute atomic E-state index is 12.2. The molecule has 0 aliphatic carbocycles. The molecule has 0 radical (unpaired) electrons. The van der Waals surface area contributed by atoms with Gasteiger partial charge in [0.15, 0.2) is 9.84 Å². The van der Waals surface area contributed by atoms with E-state index < -0.39 is 21.0 Å². The monoisotopic (exact) mass is 403 g/mol. The average Bonchev–Trinajstić information content (AvgIpc) is 3.20. The van der Waals surface area contributed by atoms with E-state index in [0.29, 0.717) is 18.0 Å². The van der Waals surface area contributed by atoms with Gasteiger partial charge in [0.25, 0.3) is 5.91 Å². The zero-order valence-electron chi connectivity index (χ0n) is 16.0. The van der Waals surface area contributed by atoms with Gasteiger partial charge < -0.3 is 4.42 Å². The first-order chi connectivity index (χ1) is 13.2. The van der Waals surface area contributed by atoms with Crippen molar-refractivity contribution in [3.8, 4) is 0 Å². The topological polar surface area (TPSA) is 120 Å². The van der Waals surface area contributed by atoms with Crippen LogP contribution in [0.25, 0.3) is 0 Å². The Bertz CT molecular complexity index is 1100. The first-order valence-electron chi connectivity index (χ1n) is 8.64. The Kier molecular flexibility index (Phi) is 5.32. The molecule has 3 aromatic rings. The number of nitrogens with one attached hydrogen (secondary N) is 1. The average molecular weight is 403 g/mol.